The molecule has 0 unspecified atom stereocenters. The number of amides is 1. The molecule has 0 bridgehead atoms. The summed E-state index contributed by atoms with van der Waals surface area (Å²) >= 11 is 0. The van der Waals surface area contributed by atoms with Gasteiger partial charge in [0.15, 0.2) is 17.5 Å². The molecule has 0 fully saturated rings. The smallest absolute Gasteiger partial charge is 0.258 e. The second kappa shape index (κ2) is 8.43. The fourth-order valence-corrected chi connectivity index (χ4v) is 2.51. The Morgan fingerprint density at radius 2 is 1.82 bits per heavy atom. The predicted molar refractivity (Wildman–Crippen MR) is 98.8 cm³/mol. The number of hydrogen-bond acceptors (Lipinski definition) is 4. The van der Waals surface area contributed by atoms with E-state index in [1.165, 1.54) is 6.20 Å². The zero-order chi connectivity index (χ0) is 20.1. The van der Waals surface area contributed by atoms with Gasteiger partial charge in [-0.05, 0) is 30.3 Å². The molecule has 1 heterocycles. The van der Waals surface area contributed by atoms with E-state index in [1.807, 2.05) is 24.3 Å². The number of para-hydroxylation sites is 1. The van der Waals surface area contributed by atoms with E-state index >= 15 is 0 Å². The maximum atomic E-state index is 13.7. The van der Waals surface area contributed by atoms with Crippen molar-refractivity contribution in [2.45, 2.75) is 6.54 Å². The molecule has 1 amide bonds. The molecule has 0 saturated heterocycles. The number of pyridine rings is 1. The van der Waals surface area contributed by atoms with Crippen LogP contribution in [0.15, 0.2) is 54.7 Å². The van der Waals surface area contributed by atoms with Crippen LogP contribution in [0, 0.1) is 17.5 Å². The highest BCUT2D eigenvalue weighted by molar-refractivity contribution is 6.04. The number of anilines is 2. The Hall–Kier alpha value is -3.55. The molecular weight excluding hydrogens is 371 g/mol. The van der Waals surface area contributed by atoms with Crippen molar-refractivity contribution < 1.29 is 22.7 Å². The van der Waals surface area contributed by atoms with Crippen molar-refractivity contribution in [3.63, 3.8) is 0 Å². The first-order valence-electron chi connectivity index (χ1n) is 8.26. The molecule has 0 atom stereocenters. The second-order valence-corrected chi connectivity index (χ2v) is 5.77. The minimum absolute atomic E-state index is 0.275. The van der Waals surface area contributed by atoms with E-state index in [9.17, 15) is 18.0 Å². The van der Waals surface area contributed by atoms with Crippen molar-refractivity contribution in [3.8, 4) is 5.75 Å². The van der Waals surface area contributed by atoms with Gasteiger partial charge in [0.1, 0.15) is 11.6 Å². The summed E-state index contributed by atoms with van der Waals surface area (Å²) in [6, 6.07) is 12.3. The Kier molecular flexibility index (Phi) is 5.78. The van der Waals surface area contributed by atoms with Crippen LogP contribution in [-0.2, 0) is 6.54 Å². The minimum atomic E-state index is -1.69. The molecule has 0 aliphatic carbocycles. The molecule has 3 rings (SSSR count). The number of rotatable bonds is 6. The Morgan fingerprint density at radius 1 is 1.04 bits per heavy atom. The first kappa shape index (κ1) is 19.2. The number of hydrogen-bond donors (Lipinski definition) is 2. The molecule has 8 heteroatoms. The van der Waals surface area contributed by atoms with Crippen LogP contribution in [0.25, 0.3) is 0 Å². The Balaban J connectivity index is 1.64. The standard InChI is InChI=1S/C20H16F3N3O2/c1-28-16-5-3-2-4-12(16)10-24-17-9-6-13(11-25-17)26-20(27)14-7-8-15(21)19(23)18(14)22/h2-9,11H,10H2,1H3,(H,24,25)(H,26,27). The number of methoxy groups -OCH3 is 1. The van der Waals surface area contributed by atoms with Gasteiger partial charge in [0.2, 0.25) is 0 Å². The lowest BCUT2D eigenvalue weighted by Crippen LogP contribution is -2.15. The highest BCUT2D eigenvalue weighted by atomic mass is 19.2. The van der Waals surface area contributed by atoms with Crippen LogP contribution >= 0.6 is 0 Å². The summed E-state index contributed by atoms with van der Waals surface area (Å²) in [5, 5.41) is 5.50. The van der Waals surface area contributed by atoms with E-state index in [0.29, 0.717) is 18.4 Å². The topological polar surface area (TPSA) is 63.2 Å². The molecular formula is C20H16F3N3O2. The van der Waals surface area contributed by atoms with Gasteiger partial charge in [-0.25, -0.2) is 18.2 Å². The van der Waals surface area contributed by atoms with Crippen molar-refractivity contribution in [1.29, 1.82) is 0 Å². The minimum Gasteiger partial charge on any atom is -0.496 e. The van der Waals surface area contributed by atoms with Crippen molar-refractivity contribution in [3.05, 3.63) is 83.3 Å². The normalized spacial score (nSPS) is 10.4. The van der Waals surface area contributed by atoms with Gasteiger partial charge in [-0.3, -0.25) is 4.79 Å². The van der Waals surface area contributed by atoms with Crippen LogP contribution in [-0.4, -0.2) is 18.0 Å². The Bertz CT molecular complexity index is 994. The van der Waals surface area contributed by atoms with E-state index in [-0.39, 0.29) is 5.69 Å². The van der Waals surface area contributed by atoms with Crippen LogP contribution in [0.4, 0.5) is 24.7 Å². The Morgan fingerprint density at radius 3 is 2.54 bits per heavy atom. The first-order valence-corrected chi connectivity index (χ1v) is 8.26. The Labute approximate surface area is 159 Å². The molecule has 0 radical (unpaired) electrons. The molecule has 144 valence electrons. The molecule has 0 spiro atoms. The molecule has 3 aromatic rings. The number of ether oxygens (including phenoxy) is 1. The van der Waals surface area contributed by atoms with Crippen LogP contribution < -0.4 is 15.4 Å². The molecule has 0 saturated carbocycles. The van der Waals surface area contributed by atoms with E-state index < -0.39 is 28.9 Å². The summed E-state index contributed by atoms with van der Waals surface area (Å²) in [5.74, 6) is -4.22. The number of nitrogens with zero attached hydrogens (tertiary/aromatic N) is 1. The van der Waals surface area contributed by atoms with Gasteiger partial charge >= 0.3 is 0 Å². The van der Waals surface area contributed by atoms with Crippen LogP contribution in [0.2, 0.25) is 0 Å². The summed E-state index contributed by atoms with van der Waals surface area (Å²) < 4.78 is 45.2. The SMILES string of the molecule is COc1ccccc1CNc1ccc(NC(=O)c2ccc(F)c(F)c2F)cn1. The lowest BCUT2D eigenvalue weighted by molar-refractivity contribution is 0.102. The number of halogens is 3. The predicted octanol–water partition coefficient (Wildman–Crippen LogP) is 4.37. The van der Waals surface area contributed by atoms with Gasteiger partial charge in [-0.2, -0.15) is 0 Å². The van der Waals surface area contributed by atoms with E-state index in [2.05, 4.69) is 15.6 Å². The van der Waals surface area contributed by atoms with Crippen LogP contribution in [0.5, 0.6) is 5.75 Å². The van der Waals surface area contributed by atoms with E-state index in [4.69, 9.17) is 4.74 Å². The van der Waals surface area contributed by atoms with Gasteiger partial charge in [-0.15, -0.1) is 0 Å². The van der Waals surface area contributed by atoms with Crippen molar-refractivity contribution in [1.82, 2.24) is 4.98 Å². The van der Waals surface area contributed by atoms with Gasteiger partial charge in [0.05, 0.1) is 24.6 Å². The number of carbonyl (C=O) groups excluding carboxylic acids is 1. The fraction of sp³-hybridized carbons (Fsp3) is 0.100. The summed E-state index contributed by atoms with van der Waals surface area (Å²) in [5.41, 5.74) is 0.618. The number of nitrogens with one attached hydrogen (secondary N) is 2. The number of benzene rings is 2. The molecule has 28 heavy (non-hydrogen) atoms. The molecule has 2 aromatic carbocycles. The molecule has 1 aromatic heterocycles. The van der Waals surface area contributed by atoms with Gasteiger partial charge in [0.25, 0.3) is 5.91 Å². The third kappa shape index (κ3) is 4.22. The fourth-order valence-electron chi connectivity index (χ4n) is 2.51. The highest BCUT2D eigenvalue weighted by Crippen LogP contribution is 2.20. The maximum absolute atomic E-state index is 13.7. The van der Waals surface area contributed by atoms with Gasteiger partial charge < -0.3 is 15.4 Å². The maximum Gasteiger partial charge on any atom is 0.258 e. The number of aromatic nitrogens is 1. The highest BCUT2D eigenvalue weighted by Gasteiger charge is 2.18. The summed E-state index contributed by atoms with van der Waals surface area (Å²) in [6.45, 7) is 0.475. The molecule has 0 aliphatic rings. The van der Waals surface area contributed by atoms with Crippen molar-refractivity contribution >= 4 is 17.4 Å². The molecule has 5 nitrogen and oxygen atoms in total. The lowest BCUT2D eigenvalue weighted by Gasteiger charge is -2.11. The summed E-state index contributed by atoms with van der Waals surface area (Å²) in [6.07, 6.45) is 1.36. The third-order valence-corrected chi connectivity index (χ3v) is 3.95. The summed E-state index contributed by atoms with van der Waals surface area (Å²) in [7, 11) is 1.59. The largest absolute Gasteiger partial charge is 0.496 e. The van der Waals surface area contributed by atoms with E-state index in [1.54, 1.807) is 19.2 Å². The quantitative estimate of drug-likeness (QED) is 0.617. The number of carbonyl (C=O) groups is 1. The van der Waals surface area contributed by atoms with Crippen LogP contribution in [0.1, 0.15) is 15.9 Å². The zero-order valence-corrected chi connectivity index (χ0v) is 14.8. The van der Waals surface area contributed by atoms with Gasteiger partial charge in [-0.1, -0.05) is 18.2 Å². The van der Waals surface area contributed by atoms with Crippen molar-refractivity contribution in [2.24, 2.45) is 0 Å². The zero-order valence-electron chi connectivity index (χ0n) is 14.8. The lowest BCUT2D eigenvalue weighted by atomic mass is 10.2. The van der Waals surface area contributed by atoms with Gasteiger partial charge in [0, 0.05) is 12.1 Å². The first-order chi connectivity index (χ1) is 13.5. The van der Waals surface area contributed by atoms with Crippen molar-refractivity contribution in [2.75, 3.05) is 17.7 Å². The summed E-state index contributed by atoms with van der Waals surface area (Å²) in [4.78, 5) is 16.2. The van der Waals surface area contributed by atoms with Crippen LogP contribution in [0.3, 0.4) is 0 Å². The molecule has 2 N–H and O–H groups in total. The second-order valence-electron chi connectivity index (χ2n) is 5.77. The van der Waals surface area contributed by atoms with E-state index in [0.717, 1.165) is 17.4 Å². The average Bonchev–Trinajstić information content (AvgIpc) is 2.71. The monoisotopic (exact) mass is 387 g/mol. The average molecular weight is 387 g/mol. The third-order valence-electron chi connectivity index (χ3n) is 3.95. The molecule has 0 aliphatic heterocycles.